The van der Waals surface area contributed by atoms with Gasteiger partial charge in [0.05, 0.1) is 32.5 Å². The van der Waals surface area contributed by atoms with Crippen molar-refractivity contribution in [3.8, 4) is 0 Å². The van der Waals surface area contributed by atoms with Crippen LogP contribution >= 0.6 is 11.6 Å². The Labute approximate surface area is 194 Å². The van der Waals surface area contributed by atoms with E-state index in [9.17, 15) is 4.79 Å². The lowest BCUT2D eigenvalue weighted by Gasteiger charge is -2.34. The summed E-state index contributed by atoms with van der Waals surface area (Å²) in [4.78, 5) is 17.2. The van der Waals surface area contributed by atoms with Gasteiger partial charge in [0.1, 0.15) is 0 Å². The molecule has 1 amide bonds. The second kappa shape index (κ2) is 11.5. The Bertz CT molecular complexity index is 890. The molecular formula is C25H30ClN3O3. The number of rotatable bonds is 7. The fourth-order valence-electron chi connectivity index (χ4n) is 4.08. The standard InChI is InChI=1S/C25H30ClN3O3/c26-22-6-4-21(5-7-22)24(29-13-17-32-18-14-29)19-27-25(30)10-3-20-1-8-23(9-2-20)28-11-15-31-16-12-28/h1-10,24H,11-19H2,(H,27,30). The van der Waals surface area contributed by atoms with Gasteiger partial charge >= 0.3 is 0 Å². The molecule has 1 atom stereocenters. The first kappa shape index (κ1) is 22.8. The van der Waals surface area contributed by atoms with Gasteiger partial charge in [0.15, 0.2) is 0 Å². The molecule has 1 unspecified atom stereocenters. The minimum Gasteiger partial charge on any atom is -0.379 e. The SMILES string of the molecule is O=C(C=Cc1ccc(N2CCOCC2)cc1)NCC(c1ccc(Cl)cc1)N1CCOCC1. The lowest BCUT2D eigenvalue weighted by Crippen LogP contribution is -2.43. The van der Waals surface area contributed by atoms with Crippen molar-refractivity contribution in [2.24, 2.45) is 0 Å². The number of benzene rings is 2. The summed E-state index contributed by atoms with van der Waals surface area (Å²) in [6.45, 7) is 6.98. The minimum absolute atomic E-state index is 0.0846. The Hall–Kier alpha value is -2.38. The number of ether oxygens (including phenoxy) is 2. The molecule has 7 heteroatoms. The summed E-state index contributed by atoms with van der Waals surface area (Å²) in [5.74, 6) is -0.102. The van der Waals surface area contributed by atoms with Crippen molar-refractivity contribution in [3.05, 3.63) is 70.8 Å². The van der Waals surface area contributed by atoms with Gasteiger partial charge in [0.2, 0.25) is 5.91 Å². The summed E-state index contributed by atoms with van der Waals surface area (Å²) in [5.41, 5.74) is 3.32. The molecule has 0 spiro atoms. The van der Waals surface area contributed by atoms with Gasteiger partial charge in [-0.05, 0) is 41.5 Å². The van der Waals surface area contributed by atoms with Crippen molar-refractivity contribution in [1.29, 1.82) is 0 Å². The smallest absolute Gasteiger partial charge is 0.244 e. The molecular weight excluding hydrogens is 426 g/mol. The summed E-state index contributed by atoms with van der Waals surface area (Å²) in [5, 5.41) is 3.77. The number of halogens is 1. The highest BCUT2D eigenvalue weighted by atomic mass is 35.5. The maximum atomic E-state index is 12.5. The van der Waals surface area contributed by atoms with E-state index in [0.29, 0.717) is 24.8 Å². The Morgan fingerprint density at radius 3 is 2.22 bits per heavy atom. The third-order valence-electron chi connectivity index (χ3n) is 5.91. The topological polar surface area (TPSA) is 54.0 Å². The molecule has 2 aromatic carbocycles. The van der Waals surface area contributed by atoms with Crippen LogP contribution in [0.5, 0.6) is 0 Å². The zero-order valence-electron chi connectivity index (χ0n) is 18.2. The largest absolute Gasteiger partial charge is 0.379 e. The van der Waals surface area contributed by atoms with E-state index in [1.165, 1.54) is 5.69 Å². The van der Waals surface area contributed by atoms with E-state index >= 15 is 0 Å². The summed E-state index contributed by atoms with van der Waals surface area (Å²) in [7, 11) is 0. The van der Waals surface area contributed by atoms with Crippen molar-refractivity contribution >= 4 is 29.3 Å². The molecule has 1 N–H and O–H groups in total. The number of carbonyl (C=O) groups is 1. The highest BCUT2D eigenvalue weighted by molar-refractivity contribution is 6.30. The van der Waals surface area contributed by atoms with Crippen molar-refractivity contribution in [2.45, 2.75) is 6.04 Å². The average Bonchev–Trinajstić information content (AvgIpc) is 2.85. The Balaban J connectivity index is 1.34. The molecule has 2 aliphatic heterocycles. The van der Waals surface area contributed by atoms with Crippen LogP contribution in [0.2, 0.25) is 5.02 Å². The zero-order valence-corrected chi connectivity index (χ0v) is 19.0. The Morgan fingerprint density at radius 1 is 0.938 bits per heavy atom. The number of hydrogen-bond donors (Lipinski definition) is 1. The van der Waals surface area contributed by atoms with Crippen LogP contribution < -0.4 is 10.2 Å². The molecule has 2 heterocycles. The lowest BCUT2D eigenvalue weighted by atomic mass is 10.0. The number of carbonyl (C=O) groups excluding carboxylic acids is 1. The van der Waals surface area contributed by atoms with Crippen LogP contribution in [-0.2, 0) is 14.3 Å². The molecule has 0 bridgehead atoms. The minimum atomic E-state index is -0.102. The molecule has 2 aliphatic rings. The monoisotopic (exact) mass is 455 g/mol. The Kier molecular flexibility index (Phi) is 8.18. The van der Waals surface area contributed by atoms with Crippen molar-refractivity contribution in [2.75, 3.05) is 64.1 Å². The zero-order chi connectivity index (χ0) is 22.2. The number of morpholine rings is 2. The van der Waals surface area contributed by atoms with E-state index in [1.54, 1.807) is 6.08 Å². The number of hydrogen-bond acceptors (Lipinski definition) is 5. The molecule has 0 aliphatic carbocycles. The molecule has 170 valence electrons. The van der Waals surface area contributed by atoms with Crippen molar-refractivity contribution in [1.82, 2.24) is 10.2 Å². The van der Waals surface area contributed by atoms with Gasteiger partial charge in [0, 0.05) is 49.5 Å². The molecule has 0 radical (unpaired) electrons. The number of nitrogens with zero attached hydrogens (tertiary/aromatic N) is 2. The first-order valence-electron chi connectivity index (χ1n) is 11.1. The van der Waals surface area contributed by atoms with E-state index < -0.39 is 0 Å². The van der Waals surface area contributed by atoms with Crippen molar-refractivity contribution in [3.63, 3.8) is 0 Å². The highest BCUT2D eigenvalue weighted by Gasteiger charge is 2.23. The van der Waals surface area contributed by atoms with E-state index in [-0.39, 0.29) is 11.9 Å². The van der Waals surface area contributed by atoms with Gasteiger partial charge in [-0.15, -0.1) is 0 Å². The highest BCUT2D eigenvalue weighted by Crippen LogP contribution is 2.23. The summed E-state index contributed by atoms with van der Waals surface area (Å²) < 4.78 is 10.9. The van der Waals surface area contributed by atoms with Crippen LogP contribution in [0.3, 0.4) is 0 Å². The van der Waals surface area contributed by atoms with Gasteiger partial charge in [-0.1, -0.05) is 35.9 Å². The quantitative estimate of drug-likeness (QED) is 0.649. The summed E-state index contributed by atoms with van der Waals surface area (Å²) in [6, 6.07) is 16.2. The van der Waals surface area contributed by atoms with Gasteiger partial charge in [-0.3, -0.25) is 9.69 Å². The molecule has 2 fully saturated rings. The average molecular weight is 456 g/mol. The Morgan fingerprint density at radius 2 is 1.56 bits per heavy atom. The molecule has 32 heavy (non-hydrogen) atoms. The molecule has 2 saturated heterocycles. The van der Waals surface area contributed by atoms with Gasteiger partial charge < -0.3 is 19.7 Å². The molecule has 0 aromatic heterocycles. The predicted molar refractivity (Wildman–Crippen MR) is 128 cm³/mol. The van der Waals surface area contributed by atoms with E-state index in [1.807, 2.05) is 42.5 Å². The number of nitrogens with one attached hydrogen (secondary N) is 1. The number of amides is 1. The number of anilines is 1. The lowest BCUT2D eigenvalue weighted by molar-refractivity contribution is -0.116. The maximum Gasteiger partial charge on any atom is 0.244 e. The van der Waals surface area contributed by atoms with E-state index in [2.05, 4.69) is 27.2 Å². The first-order valence-corrected chi connectivity index (χ1v) is 11.5. The van der Waals surface area contributed by atoms with Crippen LogP contribution in [0.4, 0.5) is 5.69 Å². The van der Waals surface area contributed by atoms with Gasteiger partial charge in [-0.25, -0.2) is 0 Å². The van der Waals surface area contributed by atoms with Crippen LogP contribution in [0.25, 0.3) is 6.08 Å². The second-order valence-corrected chi connectivity index (χ2v) is 8.42. The third-order valence-corrected chi connectivity index (χ3v) is 6.16. The van der Waals surface area contributed by atoms with E-state index in [4.69, 9.17) is 21.1 Å². The van der Waals surface area contributed by atoms with Crippen LogP contribution in [0, 0.1) is 0 Å². The van der Waals surface area contributed by atoms with Gasteiger partial charge in [0.25, 0.3) is 0 Å². The first-order chi connectivity index (χ1) is 15.7. The predicted octanol–water partition coefficient (Wildman–Crippen LogP) is 3.38. The molecule has 4 rings (SSSR count). The van der Waals surface area contributed by atoms with Crippen molar-refractivity contribution < 1.29 is 14.3 Å². The molecule has 0 saturated carbocycles. The second-order valence-electron chi connectivity index (χ2n) is 7.99. The third kappa shape index (κ3) is 6.33. The van der Waals surface area contributed by atoms with Gasteiger partial charge in [-0.2, -0.15) is 0 Å². The van der Waals surface area contributed by atoms with Crippen LogP contribution in [0.1, 0.15) is 17.2 Å². The molecule has 2 aromatic rings. The van der Waals surface area contributed by atoms with Crippen LogP contribution in [-0.4, -0.2) is 70.0 Å². The fraction of sp³-hybridized carbons (Fsp3) is 0.400. The fourth-order valence-corrected chi connectivity index (χ4v) is 4.20. The molecule has 6 nitrogen and oxygen atoms in total. The normalized spacial score (nSPS) is 18.6. The maximum absolute atomic E-state index is 12.5. The van der Waals surface area contributed by atoms with Crippen LogP contribution in [0.15, 0.2) is 54.6 Å². The van der Waals surface area contributed by atoms with E-state index in [0.717, 1.165) is 50.5 Å². The summed E-state index contributed by atoms with van der Waals surface area (Å²) in [6.07, 6.45) is 3.45. The summed E-state index contributed by atoms with van der Waals surface area (Å²) >= 11 is 6.06.